The maximum Gasteiger partial charge on any atom is 0.137 e. The molecule has 2 nitrogen and oxygen atoms in total. The van der Waals surface area contributed by atoms with Crippen molar-refractivity contribution in [3.63, 3.8) is 0 Å². The number of nitrogens with zero attached hydrogens (tertiary/aromatic N) is 1. The van der Waals surface area contributed by atoms with Crippen LogP contribution in [0.25, 0.3) is 0 Å². The van der Waals surface area contributed by atoms with Crippen molar-refractivity contribution in [2.24, 2.45) is 4.99 Å². The molecule has 3 aromatic rings. The molecule has 0 unspecified atom stereocenters. The largest absolute Gasteiger partial charge is 0.506 e. The molecule has 0 amide bonds. The Bertz CT molecular complexity index is 904. The molecule has 0 saturated carbocycles. The zero-order valence-corrected chi connectivity index (χ0v) is 22.8. The van der Waals surface area contributed by atoms with Crippen LogP contribution < -0.4 is 0 Å². The summed E-state index contributed by atoms with van der Waals surface area (Å²) in [5.41, 5.74) is 4.28. The Morgan fingerprint density at radius 2 is 1.47 bits per heavy atom. The number of benzene rings is 3. The van der Waals surface area contributed by atoms with Gasteiger partial charge in [0.1, 0.15) is 5.75 Å². The molecule has 0 aromatic heterocycles. The van der Waals surface area contributed by atoms with E-state index in [0.29, 0.717) is 17.6 Å². The SMILES string of the molecule is CC(C)c1cccc(C(C)C)c1N=Cc1cc(I)cc(I)c1O.[Ni].[c-]1ccccc1. The summed E-state index contributed by atoms with van der Waals surface area (Å²) in [4.78, 5) is 4.77. The van der Waals surface area contributed by atoms with Crippen LogP contribution in [-0.2, 0) is 16.5 Å². The van der Waals surface area contributed by atoms with Crippen LogP contribution >= 0.6 is 45.2 Å². The van der Waals surface area contributed by atoms with Gasteiger partial charge in [0.2, 0.25) is 0 Å². The predicted molar refractivity (Wildman–Crippen MR) is 141 cm³/mol. The van der Waals surface area contributed by atoms with Crippen LogP contribution in [0.2, 0.25) is 0 Å². The summed E-state index contributed by atoms with van der Waals surface area (Å²) in [6, 6.07) is 22.8. The van der Waals surface area contributed by atoms with Gasteiger partial charge < -0.3 is 5.11 Å². The first-order valence-electron chi connectivity index (χ1n) is 9.57. The zero-order chi connectivity index (χ0) is 21.4. The first-order valence-corrected chi connectivity index (χ1v) is 11.7. The summed E-state index contributed by atoms with van der Waals surface area (Å²) < 4.78 is 1.93. The van der Waals surface area contributed by atoms with Crippen molar-refractivity contribution in [2.45, 2.75) is 39.5 Å². The summed E-state index contributed by atoms with van der Waals surface area (Å²) in [5, 5.41) is 10.3. The van der Waals surface area contributed by atoms with Gasteiger partial charge in [0.05, 0.1) is 9.26 Å². The number of aliphatic imine (C=N–C) groups is 1. The van der Waals surface area contributed by atoms with Crippen molar-refractivity contribution < 1.29 is 21.6 Å². The van der Waals surface area contributed by atoms with Crippen molar-refractivity contribution >= 4 is 57.1 Å². The standard InChI is InChI=1S/C19H21I2NO.C6H5.Ni/c1-11(2)15-6-5-7-16(12(3)4)18(15)22-10-13-8-14(20)9-17(21)19(13)23;1-2-4-6-5-3-1;/h5-12,23H,1-4H3;1-5H;/q;-1;. The predicted octanol–water partition coefficient (Wildman–Crippen LogP) is 8.08. The van der Waals surface area contributed by atoms with Crippen LogP contribution in [0.15, 0.2) is 65.7 Å². The topological polar surface area (TPSA) is 32.6 Å². The van der Waals surface area contributed by atoms with Crippen LogP contribution in [0, 0.1) is 13.2 Å². The van der Waals surface area contributed by atoms with E-state index in [4.69, 9.17) is 4.99 Å². The molecule has 0 heterocycles. The molecule has 0 radical (unpaired) electrons. The number of phenols is 1. The second-order valence-corrected chi connectivity index (χ2v) is 9.66. The Hall–Kier alpha value is -0.916. The first kappa shape index (κ1) is 27.1. The van der Waals surface area contributed by atoms with Gasteiger partial charge in [-0.1, -0.05) is 45.9 Å². The number of halogens is 2. The van der Waals surface area contributed by atoms with Crippen molar-refractivity contribution in [1.29, 1.82) is 0 Å². The smallest absolute Gasteiger partial charge is 0.137 e. The van der Waals surface area contributed by atoms with Gasteiger partial charge in [0.25, 0.3) is 0 Å². The molecular weight excluding hydrogens is 643 g/mol. The molecule has 0 spiro atoms. The average molecular weight is 669 g/mol. The molecule has 0 aliphatic rings. The van der Waals surface area contributed by atoms with Crippen LogP contribution in [0.3, 0.4) is 0 Å². The molecule has 0 atom stereocenters. The number of hydrogen-bond acceptors (Lipinski definition) is 2. The van der Waals surface area contributed by atoms with E-state index < -0.39 is 0 Å². The van der Waals surface area contributed by atoms with Crippen molar-refractivity contribution in [2.75, 3.05) is 0 Å². The Balaban J connectivity index is 0.000000552. The third kappa shape index (κ3) is 7.97. The average Bonchev–Trinajstić information content (AvgIpc) is 2.71. The summed E-state index contributed by atoms with van der Waals surface area (Å²) in [5.74, 6) is 1.11. The van der Waals surface area contributed by atoms with Gasteiger partial charge in [-0.05, 0) is 80.3 Å². The maximum atomic E-state index is 10.3. The van der Waals surface area contributed by atoms with E-state index in [0.717, 1.165) is 18.4 Å². The molecule has 162 valence electrons. The summed E-state index contributed by atoms with van der Waals surface area (Å²) in [7, 11) is 0. The number of para-hydroxylation sites is 1. The molecular formula is C25H26I2NNiO-. The third-order valence-corrected chi connectivity index (χ3v) is 5.79. The molecule has 0 aliphatic heterocycles. The van der Waals surface area contributed by atoms with Crippen molar-refractivity contribution in [3.05, 3.63) is 90.6 Å². The Kier molecular flexibility index (Phi) is 12.2. The third-order valence-electron chi connectivity index (χ3n) is 4.34. The fourth-order valence-corrected chi connectivity index (χ4v) is 4.71. The normalized spacial score (nSPS) is 10.7. The van der Waals surface area contributed by atoms with Gasteiger partial charge >= 0.3 is 0 Å². The van der Waals surface area contributed by atoms with Crippen LogP contribution in [-0.4, -0.2) is 11.3 Å². The van der Waals surface area contributed by atoms with Gasteiger partial charge in [0.15, 0.2) is 0 Å². The van der Waals surface area contributed by atoms with E-state index in [1.807, 2.05) is 42.5 Å². The van der Waals surface area contributed by atoms with E-state index in [9.17, 15) is 5.11 Å². The van der Waals surface area contributed by atoms with E-state index in [-0.39, 0.29) is 16.5 Å². The number of phenolic OH excluding ortho intramolecular Hbond substituents is 1. The van der Waals surface area contributed by atoms with Crippen LogP contribution in [0.5, 0.6) is 5.75 Å². The summed E-state index contributed by atoms with van der Waals surface area (Å²) >= 11 is 4.41. The minimum Gasteiger partial charge on any atom is -0.506 e. The van der Waals surface area contributed by atoms with E-state index in [2.05, 4.69) is 97.1 Å². The minimum absolute atomic E-state index is 0. The molecule has 1 N–H and O–H groups in total. The fourth-order valence-electron chi connectivity index (χ4n) is 2.82. The maximum absolute atomic E-state index is 10.3. The molecule has 5 heteroatoms. The first-order chi connectivity index (χ1) is 13.8. The minimum atomic E-state index is 0. The van der Waals surface area contributed by atoms with E-state index in [1.165, 1.54) is 11.1 Å². The second kappa shape index (κ2) is 13.5. The van der Waals surface area contributed by atoms with Crippen LogP contribution in [0.4, 0.5) is 5.69 Å². The van der Waals surface area contributed by atoms with Gasteiger partial charge in [-0.15, -0.1) is 0 Å². The molecule has 0 aliphatic carbocycles. The molecule has 3 aromatic carbocycles. The molecule has 0 fully saturated rings. The van der Waals surface area contributed by atoms with E-state index >= 15 is 0 Å². The number of hydrogen-bond donors (Lipinski definition) is 1. The monoisotopic (exact) mass is 668 g/mol. The Morgan fingerprint density at radius 3 is 1.90 bits per heavy atom. The van der Waals surface area contributed by atoms with Crippen molar-refractivity contribution in [3.8, 4) is 5.75 Å². The van der Waals surface area contributed by atoms with Crippen LogP contribution in [0.1, 0.15) is 56.2 Å². The quantitative estimate of drug-likeness (QED) is 0.130. The van der Waals surface area contributed by atoms with Gasteiger partial charge in [-0.25, -0.2) is 0 Å². The molecule has 30 heavy (non-hydrogen) atoms. The summed E-state index contributed by atoms with van der Waals surface area (Å²) in [6.45, 7) is 8.74. The van der Waals surface area contributed by atoms with Crippen molar-refractivity contribution in [1.82, 2.24) is 0 Å². The van der Waals surface area contributed by atoms with E-state index in [1.54, 1.807) is 6.21 Å². The van der Waals surface area contributed by atoms with Gasteiger partial charge in [0, 0.05) is 31.8 Å². The summed E-state index contributed by atoms with van der Waals surface area (Å²) in [6.07, 6.45) is 1.78. The fraction of sp³-hybridized carbons (Fsp3) is 0.240. The number of aromatic hydroxyl groups is 1. The second-order valence-electron chi connectivity index (χ2n) is 7.26. The zero-order valence-electron chi connectivity index (χ0n) is 17.5. The molecule has 0 bridgehead atoms. The number of rotatable bonds is 4. The molecule has 0 saturated heterocycles. The Labute approximate surface area is 217 Å². The Morgan fingerprint density at radius 1 is 0.900 bits per heavy atom. The molecule has 3 rings (SSSR count). The van der Waals surface area contributed by atoms with Gasteiger partial charge in [-0.3, -0.25) is 4.99 Å². The van der Waals surface area contributed by atoms with Gasteiger partial charge in [-0.2, -0.15) is 36.4 Å².